The summed E-state index contributed by atoms with van der Waals surface area (Å²) in [4.78, 5) is 29.9. The van der Waals surface area contributed by atoms with Gasteiger partial charge in [0.2, 0.25) is 0 Å². The van der Waals surface area contributed by atoms with Crippen molar-refractivity contribution in [2.45, 2.75) is 64.1 Å². The number of aromatic nitrogens is 5. The van der Waals surface area contributed by atoms with Crippen molar-refractivity contribution < 1.29 is 17.6 Å². The van der Waals surface area contributed by atoms with Gasteiger partial charge >= 0.3 is 6.18 Å². The zero-order chi connectivity index (χ0) is 26.3. The summed E-state index contributed by atoms with van der Waals surface area (Å²) in [5.74, 6) is -0.290. The highest BCUT2D eigenvalue weighted by atomic mass is 19.4. The van der Waals surface area contributed by atoms with Gasteiger partial charge in [0.05, 0.1) is 17.9 Å². The maximum atomic E-state index is 14.5. The number of nitrogens with zero attached hydrogens (tertiary/aromatic N) is 5. The molecular weight excluding hydrogens is 486 g/mol. The van der Waals surface area contributed by atoms with E-state index < -0.39 is 24.0 Å². The molecule has 10 heteroatoms. The van der Waals surface area contributed by atoms with Gasteiger partial charge in [-0.15, -0.1) is 0 Å². The van der Waals surface area contributed by atoms with Crippen molar-refractivity contribution in [1.29, 1.82) is 0 Å². The molecule has 3 aromatic heterocycles. The van der Waals surface area contributed by atoms with Crippen LogP contribution >= 0.6 is 0 Å². The SMILES string of the molecule is Cc1cnc2cc(C3CCC(c4c(C)cccc4F)CC3)c(=O)n(Cc3nccnc3C(F)(F)F)c2n1. The lowest BCUT2D eigenvalue weighted by molar-refractivity contribution is -0.142. The smallest absolute Gasteiger partial charge is 0.285 e. The molecule has 6 nitrogen and oxygen atoms in total. The Morgan fingerprint density at radius 2 is 1.70 bits per heavy atom. The van der Waals surface area contributed by atoms with Crippen LogP contribution in [0.15, 0.2) is 47.7 Å². The molecule has 0 radical (unpaired) electrons. The van der Waals surface area contributed by atoms with Crippen LogP contribution in [0.1, 0.15) is 71.3 Å². The molecule has 5 rings (SSSR count). The van der Waals surface area contributed by atoms with Gasteiger partial charge in [0, 0.05) is 24.2 Å². The van der Waals surface area contributed by atoms with Crippen LogP contribution < -0.4 is 5.56 Å². The maximum absolute atomic E-state index is 14.5. The lowest BCUT2D eigenvalue weighted by Crippen LogP contribution is -2.30. The van der Waals surface area contributed by atoms with E-state index in [0.717, 1.165) is 17.3 Å². The van der Waals surface area contributed by atoms with Crippen molar-refractivity contribution in [3.63, 3.8) is 0 Å². The van der Waals surface area contributed by atoms with Gasteiger partial charge in [0.1, 0.15) is 11.3 Å². The topological polar surface area (TPSA) is 73.6 Å². The summed E-state index contributed by atoms with van der Waals surface area (Å²) in [5.41, 5.74) is 1.34. The van der Waals surface area contributed by atoms with Crippen LogP contribution in [0.5, 0.6) is 0 Å². The molecule has 192 valence electrons. The summed E-state index contributed by atoms with van der Waals surface area (Å²) >= 11 is 0. The highest BCUT2D eigenvalue weighted by Crippen LogP contribution is 2.41. The van der Waals surface area contributed by atoms with Crippen LogP contribution in [0.25, 0.3) is 11.2 Å². The van der Waals surface area contributed by atoms with E-state index in [0.29, 0.717) is 42.5 Å². The second-order valence-corrected chi connectivity index (χ2v) is 9.58. The molecular formula is C27H25F4N5O. The number of hydrogen-bond acceptors (Lipinski definition) is 5. The van der Waals surface area contributed by atoms with E-state index in [4.69, 9.17) is 0 Å². The van der Waals surface area contributed by atoms with E-state index in [1.165, 1.54) is 16.8 Å². The third-order valence-corrected chi connectivity index (χ3v) is 7.14. The largest absolute Gasteiger partial charge is 0.435 e. The molecule has 1 aliphatic rings. The van der Waals surface area contributed by atoms with Crippen LogP contribution in [-0.4, -0.2) is 24.5 Å². The van der Waals surface area contributed by atoms with E-state index in [2.05, 4.69) is 19.9 Å². The van der Waals surface area contributed by atoms with Gasteiger partial charge in [0.25, 0.3) is 5.56 Å². The number of pyridine rings is 1. The Kier molecular flexibility index (Phi) is 6.51. The number of rotatable bonds is 4. The number of benzene rings is 1. The quantitative estimate of drug-likeness (QED) is 0.322. The van der Waals surface area contributed by atoms with Gasteiger partial charge in [-0.25, -0.2) is 14.4 Å². The molecule has 4 aromatic rings. The molecule has 0 bridgehead atoms. The van der Waals surface area contributed by atoms with E-state index in [-0.39, 0.29) is 29.0 Å². The molecule has 1 aliphatic carbocycles. The van der Waals surface area contributed by atoms with Gasteiger partial charge in [-0.05, 0) is 74.6 Å². The Bertz CT molecular complexity index is 1500. The highest BCUT2D eigenvalue weighted by molar-refractivity contribution is 5.71. The summed E-state index contributed by atoms with van der Waals surface area (Å²) in [7, 11) is 0. The van der Waals surface area contributed by atoms with Crippen molar-refractivity contribution in [2.24, 2.45) is 0 Å². The molecule has 0 aliphatic heterocycles. The number of alkyl halides is 3. The molecule has 0 amide bonds. The van der Waals surface area contributed by atoms with Crippen molar-refractivity contribution in [3.8, 4) is 0 Å². The molecule has 37 heavy (non-hydrogen) atoms. The molecule has 3 heterocycles. The van der Waals surface area contributed by atoms with Crippen LogP contribution in [0, 0.1) is 19.7 Å². The second kappa shape index (κ2) is 9.64. The predicted octanol–water partition coefficient (Wildman–Crippen LogP) is 5.85. The van der Waals surface area contributed by atoms with Crippen molar-refractivity contribution >= 4 is 11.2 Å². The predicted molar refractivity (Wildman–Crippen MR) is 130 cm³/mol. The first-order valence-electron chi connectivity index (χ1n) is 12.1. The highest BCUT2D eigenvalue weighted by Gasteiger charge is 2.36. The van der Waals surface area contributed by atoms with Gasteiger partial charge in [-0.1, -0.05) is 12.1 Å². The fraction of sp³-hybridized carbons (Fsp3) is 0.370. The molecule has 1 saturated carbocycles. The lowest BCUT2D eigenvalue weighted by atomic mass is 9.75. The van der Waals surface area contributed by atoms with Gasteiger partial charge in [-0.2, -0.15) is 13.2 Å². The standard InChI is InChI=1S/C27H25F4N5O/c1-15-4-3-5-20(28)23(15)18-8-6-17(7-9-18)19-12-21-25(35-16(2)13-34-21)36(26(19)37)14-22-24(27(29,30)31)33-11-10-32-22/h3-5,10-13,17-18H,6-9,14H2,1-2H3. The number of fused-ring (bicyclic) bond motifs is 1. The fourth-order valence-electron chi connectivity index (χ4n) is 5.40. The number of hydrogen-bond donors (Lipinski definition) is 0. The lowest BCUT2D eigenvalue weighted by Gasteiger charge is -2.30. The van der Waals surface area contributed by atoms with E-state index in [9.17, 15) is 22.4 Å². The Balaban J connectivity index is 1.53. The van der Waals surface area contributed by atoms with E-state index in [1.54, 1.807) is 25.3 Å². The second-order valence-electron chi connectivity index (χ2n) is 9.58. The maximum Gasteiger partial charge on any atom is 0.435 e. The minimum Gasteiger partial charge on any atom is -0.285 e. The number of halogens is 4. The molecule has 0 saturated heterocycles. The van der Waals surface area contributed by atoms with Crippen molar-refractivity contribution in [1.82, 2.24) is 24.5 Å². The zero-order valence-corrected chi connectivity index (χ0v) is 20.4. The third-order valence-electron chi connectivity index (χ3n) is 7.14. The van der Waals surface area contributed by atoms with Crippen LogP contribution in [0.2, 0.25) is 0 Å². The molecule has 0 unspecified atom stereocenters. The average Bonchev–Trinajstić information content (AvgIpc) is 2.86. The summed E-state index contributed by atoms with van der Waals surface area (Å²) in [6.07, 6.45) is 1.69. The van der Waals surface area contributed by atoms with Gasteiger partial charge in [-0.3, -0.25) is 19.3 Å². The fourth-order valence-corrected chi connectivity index (χ4v) is 5.40. The van der Waals surface area contributed by atoms with Crippen molar-refractivity contribution in [3.05, 3.63) is 92.8 Å². The third kappa shape index (κ3) is 4.84. The molecule has 0 spiro atoms. The average molecular weight is 512 g/mol. The molecule has 1 aromatic carbocycles. The Labute approximate surface area is 210 Å². The first-order chi connectivity index (χ1) is 17.6. The molecule has 0 N–H and O–H groups in total. The minimum atomic E-state index is -4.72. The zero-order valence-electron chi connectivity index (χ0n) is 20.4. The summed E-state index contributed by atoms with van der Waals surface area (Å²) in [6, 6.07) is 6.76. The first kappa shape index (κ1) is 25.0. The first-order valence-corrected chi connectivity index (χ1v) is 12.1. The van der Waals surface area contributed by atoms with E-state index >= 15 is 0 Å². The Hall–Kier alpha value is -3.69. The van der Waals surface area contributed by atoms with Gasteiger partial charge < -0.3 is 0 Å². The monoisotopic (exact) mass is 511 g/mol. The van der Waals surface area contributed by atoms with Gasteiger partial charge in [0.15, 0.2) is 11.3 Å². The van der Waals surface area contributed by atoms with Crippen LogP contribution in [0.3, 0.4) is 0 Å². The van der Waals surface area contributed by atoms with E-state index in [1.807, 2.05) is 13.0 Å². The molecule has 1 fully saturated rings. The minimum absolute atomic E-state index is 0.0523. The molecule has 0 atom stereocenters. The summed E-state index contributed by atoms with van der Waals surface area (Å²) in [6.45, 7) is 3.16. The van der Waals surface area contributed by atoms with Crippen LogP contribution in [0.4, 0.5) is 17.6 Å². The normalized spacial score (nSPS) is 18.3. The summed E-state index contributed by atoms with van der Waals surface area (Å²) < 4.78 is 56.5. The Morgan fingerprint density at radius 3 is 2.41 bits per heavy atom. The summed E-state index contributed by atoms with van der Waals surface area (Å²) in [5, 5.41) is 0. The van der Waals surface area contributed by atoms with Crippen molar-refractivity contribution in [2.75, 3.05) is 0 Å². The number of aryl methyl sites for hydroxylation is 2. The van der Waals surface area contributed by atoms with Crippen LogP contribution in [-0.2, 0) is 12.7 Å². The Morgan fingerprint density at radius 1 is 1.00 bits per heavy atom.